The number of pyridine rings is 1. The zero-order valence-electron chi connectivity index (χ0n) is 10.7. The second kappa shape index (κ2) is 5.10. The molecule has 0 saturated carbocycles. The van der Waals surface area contributed by atoms with Crippen LogP contribution < -0.4 is 0 Å². The molecule has 0 bridgehead atoms. The molecule has 3 rings (SSSR count). The van der Waals surface area contributed by atoms with Crippen LogP contribution in [0.4, 0.5) is 0 Å². The van der Waals surface area contributed by atoms with Gasteiger partial charge in [0.15, 0.2) is 20.4 Å². The molecule has 2 aromatic rings. The fraction of sp³-hybridized carbons (Fsp3) is 0.417. The Hall–Kier alpha value is -1.54. The van der Waals surface area contributed by atoms with Gasteiger partial charge in [0.2, 0.25) is 0 Å². The molecule has 0 spiro atoms. The van der Waals surface area contributed by atoms with Gasteiger partial charge in [0, 0.05) is 24.5 Å². The van der Waals surface area contributed by atoms with Gasteiger partial charge < -0.3 is 0 Å². The van der Waals surface area contributed by atoms with Crippen molar-refractivity contribution in [3.63, 3.8) is 0 Å². The summed E-state index contributed by atoms with van der Waals surface area (Å²) in [7, 11) is -2.88. The van der Waals surface area contributed by atoms with E-state index < -0.39 is 9.84 Å². The topological polar surface area (TPSA) is 80.6 Å². The minimum Gasteiger partial charge on any atom is -0.300 e. The molecule has 0 radical (unpaired) electrons. The Morgan fingerprint density at radius 2 is 2.35 bits per heavy atom. The van der Waals surface area contributed by atoms with E-state index in [0.717, 1.165) is 5.56 Å². The summed E-state index contributed by atoms with van der Waals surface area (Å²) in [6.45, 7) is 0.568. The number of H-pyrrole nitrogens is 1. The number of nitrogens with one attached hydrogen (secondary N) is 1. The highest BCUT2D eigenvalue weighted by Gasteiger charge is 2.28. The summed E-state index contributed by atoms with van der Waals surface area (Å²) < 4.78 is 25.4. The third-order valence-corrected chi connectivity index (χ3v) is 5.59. The lowest BCUT2D eigenvalue weighted by Gasteiger charge is -2.11. The molecule has 6 nitrogen and oxygen atoms in total. The highest BCUT2D eigenvalue weighted by atomic mass is 32.2. The zero-order chi connectivity index (χ0) is 14.2. The highest BCUT2D eigenvalue weighted by Crippen LogP contribution is 2.23. The first kappa shape index (κ1) is 13.4. The Balaban J connectivity index is 1.91. The van der Waals surface area contributed by atoms with Crippen molar-refractivity contribution in [1.29, 1.82) is 0 Å². The summed E-state index contributed by atoms with van der Waals surface area (Å²) >= 11 is 5.24. The molecule has 20 heavy (non-hydrogen) atoms. The maximum atomic E-state index is 11.5. The quantitative estimate of drug-likeness (QED) is 0.868. The Bertz CT molecular complexity index is 764. The normalized spacial score (nSPS) is 21.1. The molecule has 3 heterocycles. The van der Waals surface area contributed by atoms with Gasteiger partial charge in [-0.15, -0.1) is 0 Å². The summed E-state index contributed by atoms with van der Waals surface area (Å²) in [4.78, 5) is 4.07. The second-order valence-electron chi connectivity index (χ2n) is 4.97. The van der Waals surface area contributed by atoms with E-state index >= 15 is 0 Å². The standard InChI is InChI=1S/C12H14N4O2S2/c17-20(18)5-3-9(8-20)7-16-11(14-15-12(16)19)10-2-1-4-13-6-10/h1-2,4,6,9H,3,5,7-8H2,(H,15,19). The number of aromatic amines is 1. The third-order valence-electron chi connectivity index (χ3n) is 3.45. The Labute approximate surface area is 121 Å². The molecule has 1 aliphatic heterocycles. The van der Waals surface area contributed by atoms with Crippen LogP contribution in [0.25, 0.3) is 11.4 Å². The summed E-state index contributed by atoms with van der Waals surface area (Å²) in [5.74, 6) is 1.30. The van der Waals surface area contributed by atoms with Gasteiger partial charge in [-0.3, -0.25) is 14.6 Å². The van der Waals surface area contributed by atoms with Gasteiger partial charge in [0.05, 0.1) is 11.5 Å². The molecule has 1 saturated heterocycles. The Kier molecular flexibility index (Phi) is 3.43. The van der Waals surface area contributed by atoms with Gasteiger partial charge in [-0.2, -0.15) is 5.10 Å². The van der Waals surface area contributed by atoms with Crippen LogP contribution in [0.15, 0.2) is 24.5 Å². The van der Waals surface area contributed by atoms with E-state index in [1.807, 2.05) is 16.7 Å². The molecule has 1 aliphatic rings. The molecule has 106 valence electrons. The van der Waals surface area contributed by atoms with Crippen LogP contribution in [0, 0.1) is 10.7 Å². The molecular formula is C12H14N4O2S2. The third kappa shape index (κ3) is 2.66. The maximum Gasteiger partial charge on any atom is 0.195 e. The average Bonchev–Trinajstić information content (AvgIpc) is 2.95. The van der Waals surface area contributed by atoms with Crippen molar-refractivity contribution in [3.05, 3.63) is 29.3 Å². The van der Waals surface area contributed by atoms with Crippen molar-refractivity contribution >= 4 is 22.1 Å². The van der Waals surface area contributed by atoms with Gasteiger partial charge >= 0.3 is 0 Å². The summed E-state index contributed by atoms with van der Waals surface area (Å²) in [6, 6.07) is 3.73. The van der Waals surface area contributed by atoms with Gasteiger partial charge in [-0.25, -0.2) is 8.42 Å². The first-order chi connectivity index (χ1) is 9.55. The van der Waals surface area contributed by atoms with Crippen molar-refractivity contribution in [1.82, 2.24) is 19.7 Å². The molecule has 0 aromatic carbocycles. The fourth-order valence-corrected chi connectivity index (χ4v) is 4.53. The van der Waals surface area contributed by atoms with Crippen LogP contribution in [-0.4, -0.2) is 39.7 Å². The number of hydrogen-bond donors (Lipinski definition) is 1. The predicted molar refractivity (Wildman–Crippen MR) is 77.4 cm³/mol. The lowest BCUT2D eigenvalue weighted by molar-refractivity contribution is 0.489. The van der Waals surface area contributed by atoms with E-state index in [2.05, 4.69) is 15.2 Å². The van der Waals surface area contributed by atoms with E-state index in [1.165, 1.54) is 0 Å². The van der Waals surface area contributed by atoms with Crippen molar-refractivity contribution in [2.75, 3.05) is 11.5 Å². The van der Waals surface area contributed by atoms with Crippen LogP contribution in [0.5, 0.6) is 0 Å². The van der Waals surface area contributed by atoms with Gasteiger partial charge in [0.25, 0.3) is 0 Å². The monoisotopic (exact) mass is 310 g/mol. The molecule has 8 heteroatoms. The van der Waals surface area contributed by atoms with Crippen LogP contribution in [-0.2, 0) is 16.4 Å². The number of aromatic nitrogens is 4. The van der Waals surface area contributed by atoms with E-state index in [4.69, 9.17) is 12.2 Å². The number of hydrogen-bond acceptors (Lipinski definition) is 5. The van der Waals surface area contributed by atoms with E-state index in [0.29, 0.717) is 23.6 Å². The van der Waals surface area contributed by atoms with Gasteiger partial charge in [0.1, 0.15) is 0 Å². The number of rotatable bonds is 3. The first-order valence-electron chi connectivity index (χ1n) is 6.31. The van der Waals surface area contributed by atoms with Crippen LogP contribution >= 0.6 is 12.2 Å². The predicted octanol–water partition coefficient (Wildman–Crippen LogP) is 1.44. The first-order valence-corrected chi connectivity index (χ1v) is 8.54. The minimum atomic E-state index is -2.88. The molecule has 2 aromatic heterocycles. The van der Waals surface area contributed by atoms with Crippen molar-refractivity contribution < 1.29 is 8.42 Å². The van der Waals surface area contributed by atoms with E-state index in [-0.39, 0.29) is 17.4 Å². The van der Waals surface area contributed by atoms with Crippen molar-refractivity contribution in [2.45, 2.75) is 13.0 Å². The molecular weight excluding hydrogens is 296 g/mol. The van der Waals surface area contributed by atoms with Gasteiger partial charge in [-0.05, 0) is 36.7 Å². The van der Waals surface area contributed by atoms with Crippen molar-refractivity contribution in [2.24, 2.45) is 5.92 Å². The van der Waals surface area contributed by atoms with Crippen LogP contribution in [0.2, 0.25) is 0 Å². The fourth-order valence-electron chi connectivity index (χ4n) is 2.48. The van der Waals surface area contributed by atoms with Crippen molar-refractivity contribution in [3.8, 4) is 11.4 Å². The Morgan fingerprint density at radius 3 is 3.00 bits per heavy atom. The number of sulfone groups is 1. The second-order valence-corrected chi connectivity index (χ2v) is 7.59. The van der Waals surface area contributed by atoms with E-state index in [9.17, 15) is 8.42 Å². The number of nitrogens with zero attached hydrogens (tertiary/aromatic N) is 3. The summed E-state index contributed by atoms with van der Waals surface area (Å²) in [6.07, 6.45) is 4.09. The van der Waals surface area contributed by atoms with Crippen LogP contribution in [0.1, 0.15) is 6.42 Å². The Morgan fingerprint density at radius 1 is 1.50 bits per heavy atom. The molecule has 1 fully saturated rings. The van der Waals surface area contributed by atoms with Gasteiger partial charge in [-0.1, -0.05) is 0 Å². The summed E-state index contributed by atoms with van der Waals surface area (Å²) in [5, 5.41) is 6.99. The molecule has 0 amide bonds. The largest absolute Gasteiger partial charge is 0.300 e. The average molecular weight is 310 g/mol. The van der Waals surface area contributed by atoms with Crippen LogP contribution in [0.3, 0.4) is 0 Å². The SMILES string of the molecule is O=S1(=O)CCC(Cn2c(-c3cccnc3)n[nH]c2=S)C1. The summed E-state index contributed by atoms with van der Waals surface area (Å²) in [5.41, 5.74) is 0.862. The minimum absolute atomic E-state index is 0.0970. The highest BCUT2D eigenvalue weighted by molar-refractivity contribution is 7.91. The lowest BCUT2D eigenvalue weighted by atomic mass is 10.1. The maximum absolute atomic E-state index is 11.5. The molecule has 1 N–H and O–H groups in total. The van der Waals surface area contributed by atoms with E-state index in [1.54, 1.807) is 12.4 Å². The lowest BCUT2D eigenvalue weighted by Crippen LogP contribution is -2.13. The molecule has 1 unspecified atom stereocenters. The smallest absolute Gasteiger partial charge is 0.195 e. The molecule has 0 aliphatic carbocycles. The zero-order valence-corrected chi connectivity index (χ0v) is 12.3. The molecule has 1 atom stereocenters.